The molecule has 0 atom stereocenters. The van der Waals surface area contributed by atoms with Crippen molar-refractivity contribution in [3.63, 3.8) is 0 Å². The van der Waals surface area contributed by atoms with E-state index in [9.17, 15) is 9.18 Å². The second-order valence-electron chi connectivity index (χ2n) is 5.77. The van der Waals surface area contributed by atoms with E-state index in [0.29, 0.717) is 28.2 Å². The second kappa shape index (κ2) is 8.64. The molecule has 0 unspecified atom stereocenters. The number of hydrogen-bond acceptors (Lipinski definition) is 5. The third kappa shape index (κ3) is 4.62. The van der Waals surface area contributed by atoms with Crippen molar-refractivity contribution < 1.29 is 18.7 Å². The molecular weight excluding hydrogens is 361 g/mol. The molecule has 3 aromatic rings. The minimum atomic E-state index is -0.671. The van der Waals surface area contributed by atoms with Crippen LogP contribution in [0.25, 0.3) is 11.1 Å². The van der Waals surface area contributed by atoms with Crippen LogP contribution in [0.5, 0.6) is 11.5 Å². The zero-order chi connectivity index (χ0) is 19.9. The Hall–Kier alpha value is -3.92. The summed E-state index contributed by atoms with van der Waals surface area (Å²) in [5.41, 5.74) is 7.10. The number of ether oxygens (including phenoxy) is 2. The zero-order valence-corrected chi connectivity index (χ0v) is 14.8. The molecule has 0 radical (unpaired) electrons. The van der Waals surface area contributed by atoms with Crippen LogP contribution >= 0.6 is 0 Å². The molecule has 1 amide bonds. The molecule has 0 saturated carbocycles. The van der Waals surface area contributed by atoms with Gasteiger partial charge < -0.3 is 15.2 Å². The Morgan fingerprint density at radius 1 is 1.11 bits per heavy atom. The van der Waals surface area contributed by atoms with Crippen LogP contribution in [0, 0.1) is 17.1 Å². The standard InChI is InChI=1S/C21H16FN3O3/c22-16-6-4-15(5-7-16)18-11-19(21(24)26)25-13-20(18)28-9-8-27-17-3-1-2-14(10-17)12-23/h1-7,10-11,13H,8-9H2,(H2,24,26). The van der Waals surface area contributed by atoms with Gasteiger partial charge in [0, 0.05) is 5.56 Å². The van der Waals surface area contributed by atoms with Gasteiger partial charge in [-0.25, -0.2) is 9.37 Å². The SMILES string of the molecule is N#Cc1cccc(OCCOc2cnc(C(N)=O)cc2-c2ccc(F)cc2)c1. The lowest BCUT2D eigenvalue weighted by atomic mass is 10.0. The summed E-state index contributed by atoms with van der Waals surface area (Å²) in [6.45, 7) is 0.428. The molecule has 2 N–H and O–H groups in total. The van der Waals surface area contributed by atoms with E-state index in [1.807, 2.05) is 6.07 Å². The molecule has 0 fully saturated rings. The average Bonchev–Trinajstić information content (AvgIpc) is 2.72. The molecule has 0 spiro atoms. The van der Waals surface area contributed by atoms with Crippen molar-refractivity contribution in [2.75, 3.05) is 13.2 Å². The van der Waals surface area contributed by atoms with Crippen molar-refractivity contribution in [1.82, 2.24) is 4.98 Å². The van der Waals surface area contributed by atoms with Crippen molar-refractivity contribution in [3.05, 3.63) is 77.9 Å². The van der Waals surface area contributed by atoms with Crippen molar-refractivity contribution >= 4 is 5.91 Å². The molecule has 3 rings (SSSR count). The number of nitriles is 1. The summed E-state index contributed by atoms with van der Waals surface area (Å²) in [4.78, 5) is 15.4. The number of carbonyl (C=O) groups excluding carboxylic acids is 1. The fraction of sp³-hybridized carbons (Fsp3) is 0.0952. The van der Waals surface area contributed by atoms with Gasteiger partial charge in [-0.15, -0.1) is 0 Å². The molecule has 6 nitrogen and oxygen atoms in total. The predicted octanol–water partition coefficient (Wildman–Crippen LogP) is 3.32. The Kier molecular flexibility index (Phi) is 5.82. The van der Waals surface area contributed by atoms with Crippen LogP contribution in [0.2, 0.25) is 0 Å². The number of rotatable bonds is 7. The number of pyridine rings is 1. The highest BCUT2D eigenvalue weighted by Gasteiger charge is 2.12. The third-order valence-electron chi connectivity index (χ3n) is 3.85. The van der Waals surface area contributed by atoms with Crippen LogP contribution < -0.4 is 15.2 Å². The van der Waals surface area contributed by atoms with E-state index in [2.05, 4.69) is 4.98 Å². The summed E-state index contributed by atoms with van der Waals surface area (Å²) in [6, 6.07) is 16.1. The number of carbonyl (C=O) groups is 1. The van der Waals surface area contributed by atoms with Crippen molar-refractivity contribution in [2.24, 2.45) is 5.73 Å². The van der Waals surface area contributed by atoms with Gasteiger partial charge in [0.1, 0.15) is 36.2 Å². The van der Waals surface area contributed by atoms with Gasteiger partial charge in [0.25, 0.3) is 5.91 Å². The quantitative estimate of drug-likeness (QED) is 0.637. The lowest BCUT2D eigenvalue weighted by molar-refractivity contribution is 0.0995. The first kappa shape index (κ1) is 18.9. The van der Waals surface area contributed by atoms with E-state index >= 15 is 0 Å². The van der Waals surface area contributed by atoms with Gasteiger partial charge in [0.2, 0.25) is 0 Å². The van der Waals surface area contributed by atoms with Gasteiger partial charge in [-0.1, -0.05) is 18.2 Å². The minimum absolute atomic E-state index is 0.0799. The summed E-state index contributed by atoms with van der Waals surface area (Å²) in [5.74, 6) is -0.0754. The molecule has 140 valence electrons. The average molecular weight is 377 g/mol. The maximum atomic E-state index is 13.2. The van der Waals surface area contributed by atoms with Crippen molar-refractivity contribution in [2.45, 2.75) is 0 Å². The normalized spacial score (nSPS) is 10.1. The van der Waals surface area contributed by atoms with Crippen LogP contribution in [0.3, 0.4) is 0 Å². The number of primary amides is 1. The molecule has 0 aliphatic carbocycles. The molecule has 28 heavy (non-hydrogen) atoms. The highest BCUT2D eigenvalue weighted by atomic mass is 19.1. The van der Waals surface area contributed by atoms with Crippen LogP contribution in [0.15, 0.2) is 60.8 Å². The Bertz CT molecular complexity index is 1030. The van der Waals surface area contributed by atoms with E-state index in [1.54, 1.807) is 36.4 Å². The minimum Gasteiger partial charge on any atom is -0.490 e. The van der Waals surface area contributed by atoms with Crippen LogP contribution in [0.4, 0.5) is 4.39 Å². The molecule has 0 bridgehead atoms. The largest absolute Gasteiger partial charge is 0.490 e. The van der Waals surface area contributed by atoms with Gasteiger partial charge >= 0.3 is 0 Å². The first-order valence-electron chi connectivity index (χ1n) is 8.38. The van der Waals surface area contributed by atoms with E-state index in [4.69, 9.17) is 20.5 Å². The summed E-state index contributed by atoms with van der Waals surface area (Å²) in [6.07, 6.45) is 1.40. The monoisotopic (exact) mass is 377 g/mol. The Morgan fingerprint density at radius 3 is 2.57 bits per heavy atom. The molecule has 7 heteroatoms. The number of amides is 1. The number of aromatic nitrogens is 1. The second-order valence-corrected chi connectivity index (χ2v) is 5.77. The van der Waals surface area contributed by atoms with Crippen LogP contribution in [0.1, 0.15) is 16.1 Å². The lowest BCUT2D eigenvalue weighted by Crippen LogP contribution is -2.14. The highest BCUT2D eigenvalue weighted by Crippen LogP contribution is 2.30. The maximum absolute atomic E-state index is 13.2. The summed E-state index contributed by atoms with van der Waals surface area (Å²) in [5, 5.41) is 8.91. The van der Waals surface area contributed by atoms with Gasteiger partial charge in [0.15, 0.2) is 0 Å². The van der Waals surface area contributed by atoms with E-state index in [-0.39, 0.29) is 24.7 Å². The number of halogens is 1. The van der Waals surface area contributed by atoms with Gasteiger partial charge in [0.05, 0.1) is 17.8 Å². The Labute approximate surface area is 161 Å². The third-order valence-corrected chi connectivity index (χ3v) is 3.85. The predicted molar refractivity (Wildman–Crippen MR) is 100 cm³/mol. The van der Waals surface area contributed by atoms with Gasteiger partial charge in [-0.3, -0.25) is 4.79 Å². The molecular formula is C21H16FN3O3. The van der Waals surface area contributed by atoms with Gasteiger partial charge in [-0.05, 0) is 42.0 Å². The van der Waals surface area contributed by atoms with E-state index in [0.717, 1.165) is 0 Å². The lowest BCUT2D eigenvalue weighted by Gasteiger charge is -2.13. The number of benzene rings is 2. The summed E-state index contributed by atoms with van der Waals surface area (Å²) < 4.78 is 24.5. The first-order valence-corrected chi connectivity index (χ1v) is 8.38. The summed E-state index contributed by atoms with van der Waals surface area (Å²) in [7, 11) is 0. The van der Waals surface area contributed by atoms with Crippen LogP contribution in [-0.4, -0.2) is 24.1 Å². The zero-order valence-electron chi connectivity index (χ0n) is 14.8. The van der Waals surface area contributed by atoms with Crippen molar-refractivity contribution in [3.8, 4) is 28.7 Å². The number of nitrogens with two attached hydrogens (primary N) is 1. The Balaban J connectivity index is 1.73. The summed E-state index contributed by atoms with van der Waals surface area (Å²) >= 11 is 0. The van der Waals surface area contributed by atoms with Crippen LogP contribution in [-0.2, 0) is 0 Å². The fourth-order valence-corrected chi connectivity index (χ4v) is 2.51. The fourth-order valence-electron chi connectivity index (χ4n) is 2.51. The van der Waals surface area contributed by atoms with Gasteiger partial charge in [-0.2, -0.15) is 5.26 Å². The molecule has 0 aliphatic rings. The highest BCUT2D eigenvalue weighted by molar-refractivity contribution is 5.92. The molecule has 2 aromatic carbocycles. The molecule has 1 aromatic heterocycles. The topological polar surface area (TPSA) is 98.2 Å². The smallest absolute Gasteiger partial charge is 0.267 e. The number of nitrogens with zero attached hydrogens (tertiary/aromatic N) is 2. The molecule has 0 aliphatic heterocycles. The van der Waals surface area contributed by atoms with Crippen molar-refractivity contribution in [1.29, 1.82) is 5.26 Å². The van der Waals surface area contributed by atoms with E-state index < -0.39 is 5.91 Å². The number of hydrogen-bond donors (Lipinski definition) is 1. The van der Waals surface area contributed by atoms with E-state index in [1.165, 1.54) is 24.4 Å². The Morgan fingerprint density at radius 2 is 1.86 bits per heavy atom. The first-order chi connectivity index (χ1) is 13.6. The maximum Gasteiger partial charge on any atom is 0.267 e. The molecule has 0 saturated heterocycles. The molecule has 1 heterocycles.